The highest BCUT2D eigenvalue weighted by atomic mass is 16.5. The number of nitrogens with zero attached hydrogens (tertiary/aromatic N) is 9. The second-order valence-corrected chi connectivity index (χ2v) is 5.61. The molecule has 11 nitrogen and oxygen atoms in total. The van der Waals surface area contributed by atoms with Crippen LogP contribution in [0.15, 0.2) is 36.8 Å². The van der Waals surface area contributed by atoms with Gasteiger partial charge in [0.1, 0.15) is 12.0 Å². The number of carbonyl (C=O) groups excluding carboxylic acids is 1. The molecule has 0 saturated heterocycles. The fourth-order valence-electron chi connectivity index (χ4n) is 3.13. The summed E-state index contributed by atoms with van der Waals surface area (Å²) in [6, 6.07) is 7.66. The molecule has 0 amide bonds. The SMILES string of the molecule is COC(=O)c1nnn(C#N)c1-c1nnc2c3ccccc3n3cncc3n12. The first-order valence-electron chi connectivity index (χ1n) is 7.77. The maximum Gasteiger partial charge on any atom is 0.361 e. The number of hydrogen-bond donors (Lipinski definition) is 0. The molecular weight excluding hydrogens is 350 g/mol. The molecule has 4 aromatic heterocycles. The number of aromatic nitrogens is 8. The molecule has 0 fully saturated rings. The van der Waals surface area contributed by atoms with E-state index in [-0.39, 0.29) is 17.2 Å². The summed E-state index contributed by atoms with van der Waals surface area (Å²) < 4.78 is 9.23. The van der Waals surface area contributed by atoms with E-state index in [0.717, 1.165) is 15.6 Å². The number of esters is 1. The third-order valence-corrected chi connectivity index (χ3v) is 4.27. The van der Waals surface area contributed by atoms with Crippen LogP contribution in [0.25, 0.3) is 33.7 Å². The van der Waals surface area contributed by atoms with Gasteiger partial charge in [0.25, 0.3) is 0 Å². The number of para-hydroxylation sites is 1. The highest BCUT2D eigenvalue weighted by Gasteiger charge is 2.27. The molecular formula is C16H9N9O2. The molecule has 0 spiro atoms. The van der Waals surface area contributed by atoms with Gasteiger partial charge in [0.05, 0.1) is 18.8 Å². The van der Waals surface area contributed by atoms with E-state index in [9.17, 15) is 10.1 Å². The van der Waals surface area contributed by atoms with Crippen molar-refractivity contribution in [3.8, 4) is 17.7 Å². The van der Waals surface area contributed by atoms with Crippen molar-refractivity contribution in [2.75, 3.05) is 7.11 Å². The highest BCUT2D eigenvalue weighted by molar-refractivity contribution is 5.97. The van der Waals surface area contributed by atoms with Gasteiger partial charge in [0.15, 0.2) is 17.2 Å². The second kappa shape index (κ2) is 5.33. The van der Waals surface area contributed by atoms with Crippen LogP contribution in [0.4, 0.5) is 0 Å². The van der Waals surface area contributed by atoms with Gasteiger partial charge >= 0.3 is 5.97 Å². The van der Waals surface area contributed by atoms with Crippen molar-refractivity contribution < 1.29 is 9.53 Å². The van der Waals surface area contributed by atoms with Crippen molar-refractivity contribution in [3.63, 3.8) is 0 Å². The van der Waals surface area contributed by atoms with Crippen LogP contribution < -0.4 is 0 Å². The number of imidazole rings is 1. The monoisotopic (exact) mass is 359 g/mol. The Bertz CT molecular complexity index is 1400. The number of rotatable bonds is 2. The molecule has 0 aliphatic carbocycles. The standard InChI is InChI=1S/C16H9N9O2/c1-27-16(26)12-13(24(7-17)22-19-12)15-21-20-14-9-4-2-3-5-10(9)23-8-18-6-11(23)25(14)15/h2-6,8H,1H3. The summed E-state index contributed by atoms with van der Waals surface area (Å²) >= 11 is 0. The lowest BCUT2D eigenvalue weighted by Crippen LogP contribution is -2.07. The van der Waals surface area contributed by atoms with Crippen LogP contribution in [0, 0.1) is 11.5 Å². The number of ether oxygens (including phenoxy) is 1. The lowest BCUT2D eigenvalue weighted by Gasteiger charge is -2.07. The maximum atomic E-state index is 12.1. The van der Waals surface area contributed by atoms with Gasteiger partial charge in [-0.2, -0.15) is 5.26 Å². The minimum absolute atomic E-state index is 0.0928. The molecule has 11 heteroatoms. The maximum absolute atomic E-state index is 12.1. The van der Waals surface area contributed by atoms with Crippen LogP contribution in [0.3, 0.4) is 0 Å². The molecule has 0 N–H and O–H groups in total. The molecule has 0 unspecified atom stereocenters. The highest BCUT2D eigenvalue weighted by Crippen LogP contribution is 2.28. The van der Waals surface area contributed by atoms with Crippen LogP contribution in [0.2, 0.25) is 0 Å². The number of hydrogen-bond acceptors (Lipinski definition) is 8. The van der Waals surface area contributed by atoms with Gasteiger partial charge in [-0.1, -0.05) is 17.3 Å². The minimum Gasteiger partial charge on any atom is -0.464 e. The number of methoxy groups -OCH3 is 1. The Balaban J connectivity index is 1.97. The topological polar surface area (TPSA) is 128 Å². The van der Waals surface area contributed by atoms with Crippen LogP contribution in [-0.2, 0) is 4.74 Å². The van der Waals surface area contributed by atoms with Crippen molar-refractivity contribution in [3.05, 3.63) is 42.5 Å². The van der Waals surface area contributed by atoms with Crippen LogP contribution in [-0.4, -0.2) is 52.1 Å². The average Bonchev–Trinajstić information content (AvgIpc) is 3.43. The first-order valence-corrected chi connectivity index (χ1v) is 7.77. The Morgan fingerprint density at radius 2 is 2.07 bits per heavy atom. The molecule has 5 rings (SSSR count). The zero-order chi connectivity index (χ0) is 18.5. The van der Waals surface area contributed by atoms with Gasteiger partial charge in [0.2, 0.25) is 11.9 Å². The first-order chi connectivity index (χ1) is 13.2. The minimum atomic E-state index is -0.728. The fourth-order valence-corrected chi connectivity index (χ4v) is 3.13. The summed E-state index contributed by atoms with van der Waals surface area (Å²) in [6.07, 6.45) is 5.17. The zero-order valence-electron chi connectivity index (χ0n) is 13.8. The van der Waals surface area contributed by atoms with Gasteiger partial charge in [-0.15, -0.1) is 20.0 Å². The van der Waals surface area contributed by atoms with Crippen molar-refractivity contribution in [2.45, 2.75) is 0 Å². The number of carbonyl (C=O) groups is 1. The molecule has 0 aliphatic heterocycles. The summed E-state index contributed by atoms with van der Waals surface area (Å²) in [7, 11) is 1.22. The van der Waals surface area contributed by atoms with Gasteiger partial charge in [-0.3, -0.25) is 8.80 Å². The Morgan fingerprint density at radius 1 is 1.22 bits per heavy atom. The largest absolute Gasteiger partial charge is 0.464 e. The molecule has 0 radical (unpaired) electrons. The van der Waals surface area contributed by atoms with Crippen LogP contribution in [0.5, 0.6) is 0 Å². The molecule has 0 atom stereocenters. The normalized spacial score (nSPS) is 11.3. The lowest BCUT2D eigenvalue weighted by atomic mass is 10.2. The third kappa shape index (κ3) is 1.89. The van der Waals surface area contributed by atoms with E-state index in [1.165, 1.54) is 7.11 Å². The Hall–Kier alpha value is -4.33. The number of fused-ring (bicyclic) bond motifs is 6. The summed E-state index contributed by atoms with van der Waals surface area (Å²) in [5.74, 6) is -0.498. The molecule has 130 valence electrons. The smallest absolute Gasteiger partial charge is 0.361 e. The Morgan fingerprint density at radius 3 is 2.89 bits per heavy atom. The molecule has 4 heterocycles. The Labute approximate surface area is 150 Å². The van der Waals surface area contributed by atoms with E-state index in [2.05, 4.69) is 25.5 Å². The third-order valence-electron chi connectivity index (χ3n) is 4.27. The van der Waals surface area contributed by atoms with Crippen molar-refractivity contribution >= 4 is 28.2 Å². The summed E-state index contributed by atoms with van der Waals surface area (Å²) in [4.78, 5) is 16.3. The predicted molar refractivity (Wildman–Crippen MR) is 90.6 cm³/mol. The zero-order valence-corrected chi connectivity index (χ0v) is 13.8. The molecule has 5 aromatic rings. The van der Waals surface area contributed by atoms with E-state index in [0.29, 0.717) is 11.3 Å². The number of nitriles is 1. The van der Waals surface area contributed by atoms with Gasteiger partial charge in [-0.05, 0) is 12.1 Å². The van der Waals surface area contributed by atoms with Crippen molar-refractivity contribution in [1.29, 1.82) is 5.26 Å². The first kappa shape index (κ1) is 15.0. The van der Waals surface area contributed by atoms with Crippen molar-refractivity contribution in [2.24, 2.45) is 0 Å². The lowest BCUT2D eigenvalue weighted by molar-refractivity contribution is 0.0594. The van der Waals surface area contributed by atoms with E-state index in [1.54, 1.807) is 16.9 Å². The molecule has 0 bridgehead atoms. The van der Waals surface area contributed by atoms with E-state index >= 15 is 0 Å². The average molecular weight is 359 g/mol. The van der Waals surface area contributed by atoms with Crippen molar-refractivity contribution in [1.82, 2.24) is 39.0 Å². The number of benzene rings is 1. The fraction of sp³-hybridized carbons (Fsp3) is 0.0625. The predicted octanol–water partition coefficient (Wildman–Crippen LogP) is 0.904. The molecule has 27 heavy (non-hydrogen) atoms. The van der Waals surface area contributed by atoms with Gasteiger partial charge in [-0.25, -0.2) is 9.78 Å². The quantitative estimate of drug-likeness (QED) is 0.425. The Kier molecular flexibility index (Phi) is 2.96. The van der Waals surface area contributed by atoms with E-state index < -0.39 is 5.97 Å². The van der Waals surface area contributed by atoms with Crippen LogP contribution in [0.1, 0.15) is 10.5 Å². The van der Waals surface area contributed by atoms with E-state index in [1.807, 2.05) is 34.9 Å². The summed E-state index contributed by atoms with van der Waals surface area (Å²) in [5, 5.41) is 26.2. The summed E-state index contributed by atoms with van der Waals surface area (Å²) in [6.45, 7) is 0. The molecule has 0 aliphatic rings. The van der Waals surface area contributed by atoms with Gasteiger partial charge < -0.3 is 4.74 Å². The molecule has 1 aromatic carbocycles. The molecule has 0 saturated carbocycles. The second-order valence-electron chi connectivity index (χ2n) is 5.61. The summed E-state index contributed by atoms with van der Waals surface area (Å²) in [5.41, 5.74) is 2.08. The van der Waals surface area contributed by atoms with E-state index in [4.69, 9.17) is 4.74 Å². The van der Waals surface area contributed by atoms with Gasteiger partial charge in [0, 0.05) is 5.39 Å². The van der Waals surface area contributed by atoms with Crippen LogP contribution >= 0.6 is 0 Å².